The number of anilines is 1. The topological polar surface area (TPSA) is 98.2 Å². The van der Waals surface area contributed by atoms with Crippen LogP contribution in [0, 0.1) is 10.1 Å². The minimum atomic E-state index is -0.433. The zero-order valence-electron chi connectivity index (χ0n) is 12.5. The van der Waals surface area contributed by atoms with Crippen molar-refractivity contribution < 1.29 is 9.45 Å². The number of aromatic nitrogens is 3. The highest BCUT2D eigenvalue weighted by Crippen LogP contribution is 2.32. The molecule has 2 heterocycles. The maximum absolute atomic E-state index is 11.2. The van der Waals surface area contributed by atoms with Crippen LogP contribution in [0.15, 0.2) is 47.2 Å². The Morgan fingerprint density at radius 2 is 2.04 bits per heavy atom. The SMILES string of the molecule is CN(C)c1ccc(-c2nc(-c3cccnc3)no2)cc1[N+](=O)[O-]. The summed E-state index contributed by atoms with van der Waals surface area (Å²) in [6, 6.07) is 8.36. The number of hydrogen-bond donors (Lipinski definition) is 0. The maximum Gasteiger partial charge on any atom is 0.293 e. The minimum absolute atomic E-state index is 0.0198. The molecular formula is C15H13N5O3. The third kappa shape index (κ3) is 2.86. The van der Waals surface area contributed by atoms with E-state index in [-0.39, 0.29) is 11.6 Å². The Morgan fingerprint density at radius 1 is 1.22 bits per heavy atom. The lowest BCUT2D eigenvalue weighted by atomic mass is 10.1. The lowest BCUT2D eigenvalue weighted by molar-refractivity contribution is -0.384. The average molecular weight is 311 g/mol. The Labute approximate surface area is 131 Å². The van der Waals surface area contributed by atoms with Crippen LogP contribution in [0.1, 0.15) is 0 Å². The number of nitro groups is 1. The van der Waals surface area contributed by atoms with Gasteiger partial charge in [0.15, 0.2) is 0 Å². The molecule has 0 amide bonds. The van der Waals surface area contributed by atoms with Crippen LogP contribution in [0.2, 0.25) is 0 Å². The summed E-state index contributed by atoms with van der Waals surface area (Å²) >= 11 is 0. The van der Waals surface area contributed by atoms with Crippen molar-refractivity contribution in [2.45, 2.75) is 0 Å². The predicted molar refractivity (Wildman–Crippen MR) is 83.9 cm³/mol. The Hall–Kier alpha value is -3.29. The number of benzene rings is 1. The van der Waals surface area contributed by atoms with E-state index in [4.69, 9.17) is 4.52 Å². The molecule has 0 radical (unpaired) electrons. The molecule has 23 heavy (non-hydrogen) atoms. The fraction of sp³-hybridized carbons (Fsp3) is 0.133. The van der Waals surface area contributed by atoms with Gasteiger partial charge in [0.2, 0.25) is 5.82 Å². The standard InChI is InChI=1S/C15H13N5O3/c1-19(2)12-6-5-10(8-13(12)20(21)22)15-17-14(18-23-15)11-4-3-7-16-9-11/h3-9H,1-2H3. The van der Waals surface area contributed by atoms with Crippen molar-refractivity contribution in [3.05, 3.63) is 52.8 Å². The normalized spacial score (nSPS) is 10.5. The molecule has 0 N–H and O–H groups in total. The van der Waals surface area contributed by atoms with Gasteiger partial charge in [0, 0.05) is 43.7 Å². The van der Waals surface area contributed by atoms with Crippen LogP contribution in [0.3, 0.4) is 0 Å². The monoisotopic (exact) mass is 311 g/mol. The second-order valence-corrected chi connectivity index (χ2v) is 5.02. The van der Waals surface area contributed by atoms with Crippen LogP contribution >= 0.6 is 0 Å². The van der Waals surface area contributed by atoms with Gasteiger partial charge in [-0.1, -0.05) is 5.16 Å². The fourth-order valence-corrected chi connectivity index (χ4v) is 2.13. The van der Waals surface area contributed by atoms with Crippen molar-refractivity contribution in [2.24, 2.45) is 0 Å². The van der Waals surface area contributed by atoms with Gasteiger partial charge in [-0.15, -0.1) is 0 Å². The molecule has 0 aliphatic heterocycles. The molecule has 3 aromatic rings. The number of hydrogen-bond acceptors (Lipinski definition) is 7. The van der Waals surface area contributed by atoms with Gasteiger partial charge in [-0.3, -0.25) is 15.1 Å². The Bertz CT molecular complexity index is 845. The van der Waals surface area contributed by atoms with Crippen LogP contribution in [0.25, 0.3) is 22.8 Å². The second-order valence-electron chi connectivity index (χ2n) is 5.02. The molecule has 0 fully saturated rings. The van der Waals surface area contributed by atoms with Crippen LogP contribution < -0.4 is 4.90 Å². The van der Waals surface area contributed by atoms with E-state index in [0.717, 1.165) is 0 Å². The summed E-state index contributed by atoms with van der Waals surface area (Å²) in [7, 11) is 3.49. The summed E-state index contributed by atoms with van der Waals surface area (Å²) < 4.78 is 5.22. The van der Waals surface area contributed by atoms with Gasteiger partial charge < -0.3 is 9.42 Å². The van der Waals surface area contributed by atoms with Gasteiger partial charge in [0.05, 0.1) is 4.92 Å². The maximum atomic E-state index is 11.2. The number of pyridine rings is 1. The molecule has 8 nitrogen and oxygen atoms in total. The third-order valence-electron chi connectivity index (χ3n) is 3.25. The molecule has 0 saturated heterocycles. The van der Waals surface area contributed by atoms with E-state index < -0.39 is 4.92 Å². The molecule has 0 unspecified atom stereocenters. The summed E-state index contributed by atoms with van der Waals surface area (Å²) in [5, 5.41) is 15.1. The molecule has 116 valence electrons. The Kier molecular flexibility index (Phi) is 3.71. The zero-order chi connectivity index (χ0) is 16.4. The first kappa shape index (κ1) is 14.6. The van der Waals surface area contributed by atoms with Gasteiger partial charge in [-0.25, -0.2) is 0 Å². The molecule has 0 aliphatic carbocycles. The van der Waals surface area contributed by atoms with Crippen molar-refractivity contribution in [2.75, 3.05) is 19.0 Å². The van der Waals surface area contributed by atoms with Crippen molar-refractivity contribution in [1.82, 2.24) is 15.1 Å². The molecule has 0 atom stereocenters. The van der Waals surface area contributed by atoms with E-state index in [0.29, 0.717) is 22.6 Å². The van der Waals surface area contributed by atoms with Crippen LogP contribution in [-0.4, -0.2) is 34.1 Å². The molecule has 0 aliphatic rings. The van der Waals surface area contributed by atoms with Crippen molar-refractivity contribution >= 4 is 11.4 Å². The second kappa shape index (κ2) is 5.84. The lowest BCUT2D eigenvalue weighted by Gasteiger charge is -2.12. The molecule has 0 spiro atoms. The number of nitro benzene ring substituents is 1. The summed E-state index contributed by atoms with van der Waals surface area (Å²) in [4.78, 5) is 20.8. The number of rotatable bonds is 4. The third-order valence-corrected chi connectivity index (χ3v) is 3.25. The Morgan fingerprint density at radius 3 is 2.70 bits per heavy atom. The zero-order valence-corrected chi connectivity index (χ0v) is 12.5. The fourth-order valence-electron chi connectivity index (χ4n) is 2.13. The van der Waals surface area contributed by atoms with Gasteiger partial charge >= 0.3 is 0 Å². The lowest BCUT2D eigenvalue weighted by Crippen LogP contribution is -2.10. The van der Waals surface area contributed by atoms with E-state index >= 15 is 0 Å². The average Bonchev–Trinajstić information content (AvgIpc) is 3.05. The number of nitrogens with zero attached hydrogens (tertiary/aromatic N) is 5. The quantitative estimate of drug-likeness (QED) is 0.539. The van der Waals surface area contributed by atoms with E-state index in [1.54, 1.807) is 55.7 Å². The first-order chi connectivity index (χ1) is 11.1. The van der Waals surface area contributed by atoms with Crippen LogP contribution in [0.4, 0.5) is 11.4 Å². The van der Waals surface area contributed by atoms with Crippen molar-refractivity contribution in [3.63, 3.8) is 0 Å². The summed E-state index contributed by atoms with van der Waals surface area (Å²) in [5.41, 5.74) is 1.69. The van der Waals surface area contributed by atoms with Gasteiger partial charge in [-0.2, -0.15) is 4.98 Å². The summed E-state index contributed by atoms with van der Waals surface area (Å²) in [6.07, 6.45) is 3.26. The molecular weight excluding hydrogens is 298 g/mol. The first-order valence-corrected chi connectivity index (χ1v) is 6.76. The largest absolute Gasteiger partial charge is 0.372 e. The summed E-state index contributed by atoms with van der Waals surface area (Å²) in [5.74, 6) is 0.602. The van der Waals surface area contributed by atoms with E-state index in [2.05, 4.69) is 15.1 Å². The molecule has 0 saturated carbocycles. The predicted octanol–water partition coefficient (Wildman–Crippen LogP) is 2.77. The van der Waals surface area contributed by atoms with E-state index in [1.807, 2.05) is 0 Å². The van der Waals surface area contributed by atoms with Crippen LogP contribution in [-0.2, 0) is 0 Å². The molecule has 0 bridgehead atoms. The molecule has 8 heteroatoms. The van der Waals surface area contributed by atoms with E-state index in [1.165, 1.54) is 6.07 Å². The highest BCUT2D eigenvalue weighted by Gasteiger charge is 2.19. The molecule has 3 rings (SSSR count). The van der Waals surface area contributed by atoms with Crippen molar-refractivity contribution in [3.8, 4) is 22.8 Å². The van der Waals surface area contributed by atoms with E-state index in [9.17, 15) is 10.1 Å². The van der Waals surface area contributed by atoms with Gasteiger partial charge in [0.1, 0.15) is 5.69 Å². The highest BCUT2D eigenvalue weighted by atomic mass is 16.6. The minimum Gasteiger partial charge on any atom is -0.372 e. The van der Waals surface area contributed by atoms with Gasteiger partial charge in [0.25, 0.3) is 11.6 Å². The first-order valence-electron chi connectivity index (χ1n) is 6.76. The highest BCUT2D eigenvalue weighted by molar-refractivity contribution is 5.71. The van der Waals surface area contributed by atoms with Gasteiger partial charge in [-0.05, 0) is 24.3 Å². The Balaban J connectivity index is 2.01. The van der Waals surface area contributed by atoms with Crippen LogP contribution in [0.5, 0.6) is 0 Å². The molecule has 1 aromatic carbocycles. The van der Waals surface area contributed by atoms with Crippen molar-refractivity contribution in [1.29, 1.82) is 0 Å². The molecule has 2 aromatic heterocycles. The summed E-state index contributed by atoms with van der Waals surface area (Å²) in [6.45, 7) is 0. The smallest absolute Gasteiger partial charge is 0.293 e.